The molecule has 0 spiro atoms. The van der Waals surface area contributed by atoms with Gasteiger partial charge in [-0.1, -0.05) is 96.7 Å². The highest BCUT2D eigenvalue weighted by molar-refractivity contribution is 9.09. The van der Waals surface area contributed by atoms with Gasteiger partial charge in [0.05, 0.1) is 6.61 Å². The van der Waals surface area contributed by atoms with E-state index in [1.165, 1.54) is 40.7 Å². The second-order valence-corrected chi connectivity index (χ2v) is 12.6. The van der Waals surface area contributed by atoms with Crippen LogP contribution in [0, 0.1) is 10.8 Å². The Hall–Kier alpha value is -1.06. The van der Waals surface area contributed by atoms with Crippen LogP contribution in [0.4, 0.5) is 0 Å². The molecule has 2 aliphatic carbocycles. The van der Waals surface area contributed by atoms with E-state index in [0.717, 1.165) is 41.1 Å². The van der Waals surface area contributed by atoms with Crippen LogP contribution in [0.5, 0.6) is 0 Å². The molecule has 0 amide bonds. The normalized spacial score (nSPS) is 19.5. The summed E-state index contributed by atoms with van der Waals surface area (Å²) in [7, 11) is 0. The molecule has 2 aromatic carbocycles. The highest BCUT2D eigenvalue weighted by Gasteiger charge is 2.28. The number of hydrogen-bond donors (Lipinski definition) is 1. The molecular weight excluding hydrogens is 527 g/mol. The first-order chi connectivity index (χ1) is 16.0. The number of alkyl halides is 1. The molecule has 184 valence electrons. The van der Waals surface area contributed by atoms with Crippen LogP contribution in [0.15, 0.2) is 59.7 Å². The summed E-state index contributed by atoms with van der Waals surface area (Å²) in [5, 5.41) is 12.0. The second-order valence-electron chi connectivity index (χ2n) is 11.2. The van der Waals surface area contributed by atoms with Crippen LogP contribution in [0.25, 0.3) is 11.1 Å². The molecular formula is C30H37BrCl2O. The third kappa shape index (κ3) is 7.47. The van der Waals surface area contributed by atoms with E-state index in [1.807, 2.05) is 24.3 Å². The maximum atomic E-state index is 9.46. The maximum absolute atomic E-state index is 9.46. The highest BCUT2D eigenvalue weighted by atomic mass is 79.9. The molecule has 0 fully saturated rings. The summed E-state index contributed by atoms with van der Waals surface area (Å²) in [4.78, 5) is 0. The van der Waals surface area contributed by atoms with Crippen LogP contribution in [0.3, 0.4) is 0 Å². The number of halogens is 3. The largest absolute Gasteiger partial charge is 0.392 e. The van der Waals surface area contributed by atoms with Gasteiger partial charge in [-0.2, -0.15) is 0 Å². The number of aliphatic hydroxyl groups is 1. The van der Waals surface area contributed by atoms with Crippen molar-refractivity contribution in [1.29, 1.82) is 0 Å². The molecule has 0 heterocycles. The minimum absolute atomic E-state index is 0.175. The molecule has 0 bridgehead atoms. The van der Waals surface area contributed by atoms with E-state index in [0.29, 0.717) is 10.8 Å². The molecule has 34 heavy (non-hydrogen) atoms. The summed E-state index contributed by atoms with van der Waals surface area (Å²) in [5.74, 6) is 0. The third-order valence-electron chi connectivity index (χ3n) is 7.11. The van der Waals surface area contributed by atoms with Gasteiger partial charge in [0.1, 0.15) is 0 Å². The van der Waals surface area contributed by atoms with Crippen molar-refractivity contribution in [2.75, 3.05) is 11.9 Å². The number of hydrogen-bond acceptors (Lipinski definition) is 1. The fourth-order valence-electron chi connectivity index (χ4n) is 4.90. The Bertz CT molecular complexity index is 945. The standard InChI is InChI=1S/C15H18BrCl.C15H19ClO/c1-15(2)8-7-12(10-16)14(9-15)11-3-5-13(17)6-4-11;1-15(2)8-7-12(10-17)14(9-15)11-3-5-13(16)6-4-11/h3-6H,7-10H2,1-2H3;3-6,17H,7-10H2,1-2H3. The van der Waals surface area contributed by atoms with E-state index < -0.39 is 0 Å². The van der Waals surface area contributed by atoms with Crippen LogP contribution in [0.2, 0.25) is 10.0 Å². The van der Waals surface area contributed by atoms with E-state index in [1.54, 1.807) is 5.57 Å². The Balaban J connectivity index is 0.000000191. The van der Waals surface area contributed by atoms with Gasteiger partial charge in [-0.05, 0) is 101 Å². The van der Waals surface area contributed by atoms with E-state index in [-0.39, 0.29) is 6.61 Å². The second kappa shape index (κ2) is 11.8. The van der Waals surface area contributed by atoms with E-state index in [4.69, 9.17) is 23.2 Å². The third-order valence-corrected chi connectivity index (χ3v) is 8.29. The monoisotopic (exact) mass is 562 g/mol. The molecule has 4 rings (SSSR count). The van der Waals surface area contributed by atoms with Gasteiger partial charge in [0.25, 0.3) is 0 Å². The zero-order valence-corrected chi connectivity index (χ0v) is 24.0. The van der Waals surface area contributed by atoms with Gasteiger partial charge in [0.15, 0.2) is 0 Å². The van der Waals surface area contributed by atoms with Gasteiger partial charge in [0, 0.05) is 15.4 Å². The summed E-state index contributed by atoms with van der Waals surface area (Å²) in [6.07, 6.45) is 6.84. The minimum Gasteiger partial charge on any atom is -0.392 e. The van der Waals surface area contributed by atoms with Gasteiger partial charge in [-0.25, -0.2) is 0 Å². The lowest BCUT2D eigenvalue weighted by molar-refractivity contribution is 0.291. The van der Waals surface area contributed by atoms with Gasteiger partial charge >= 0.3 is 0 Å². The van der Waals surface area contributed by atoms with Crippen molar-refractivity contribution in [3.05, 3.63) is 80.8 Å². The Morgan fingerprint density at radius 2 is 1.09 bits per heavy atom. The molecule has 0 radical (unpaired) electrons. The van der Waals surface area contributed by atoms with Crippen LogP contribution in [0.1, 0.15) is 77.3 Å². The van der Waals surface area contributed by atoms with Crippen molar-refractivity contribution in [2.45, 2.75) is 66.2 Å². The lowest BCUT2D eigenvalue weighted by Crippen LogP contribution is -2.19. The smallest absolute Gasteiger partial charge is 0.0647 e. The Morgan fingerprint density at radius 1 is 0.706 bits per heavy atom. The van der Waals surface area contributed by atoms with Crippen molar-refractivity contribution in [1.82, 2.24) is 0 Å². The maximum Gasteiger partial charge on any atom is 0.0647 e. The van der Waals surface area contributed by atoms with Gasteiger partial charge in [-0.15, -0.1) is 0 Å². The average Bonchev–Trinajstić information content (AvgIpc) is 2.79. The summed E-state index contributed by atoms with van der Waals surface area (Å²) in [5.41, 5.74) is 8.82. The number of aliphatic hydroxyl groups excluding tert-OH is 1. The summed E-state index contributed by atoms with van der Waals surface area (Å²) in [6.45, 7) is 9.46. The topological polar surface area (TPSA) is 20.2 Å². The van der Waals surface area contributed by atoms with Crippen molar-refractivity contribution >= 4 is 50.3 Å². The lowest BCUT2D eigenvalue weighted by Gasteiger charge is -2.33. The Labute approximate surface area is 224 Å². The minimum atomic E-state index is 0.175. The fourth-order valence-corrected chi connectivity index (χ4v) is 5.77. The van der Waals surface area contributed by atoms with Crippen LogP contribution >= 0.6 is 39.1 Å². The molecule has 0 unspecified atom stereocenters. The Kier molecular flexibility index (Phi) is 9.54. The first-order valence-corrected chi connectivity index (χ1v) is 14.0. The molecule has 0 aromatic heterocycles. The molecule has 1 nitrogen and oxygen atoms in total. The highest BCUT2D eigenvalue weighted by Crippen LogP contribution is 2.44. The Morgan fingerprint density at radius 3 is 1.47 bits per heavy atom. The quantitative estimate of drug-likeness (QED) is 0.367. The zero-order valence-electron chi connectivity index (χ0n) is 20.9. The molecule has 1 N–H and O–H groups in total. The van der Waals surface area contributed by atoms with Crippen molar-refractivity contribution < 1.29 is 5.11 Å². The summed E-state index contributed by atoms with van der Waals surface area (Å²) in [6, 6.07) is 16.2. The predicted molar refractivity (Wildman–Crippen MR) is 153 cm³/mol. The van der Waals surface area contributed by atoms with E-state index >= 15 is 0 Å². The molecule has 2 aliphatic rings. The number of benzene rings is 2. The SMILES string of the molecule is CC1(C)CCC(CBr)=C(c2ccc(Cl)cc2)C1.CC1(C)CCC(CO)=C(c2ccc(Cl)cc2)C1. The molecule has 2 aromatic rings. The van der Waals surface area contributed by atoms with Gasteiger partial charge in [-0.3, -0.25) is 0 Å². The van der Waals surface area contributed by atoms with Crippen LogP contribution in [-0.4, -0.2) is 17.0 Å². The molecule has 4 heteroatoms. The molecule has 0 aliphatic heterocycles. The zero-order chi connectivity index (χ0) is 24.9. The van der Waals surface area contributed by atoms with Gasteiger partial charge in [0.2, 0.25) is 0 Å². The number of rotatable bonds is 4. The summed E-state index contributed by atoms with van der Waals surface area (Å²) < 4.78 is 0. The van der Waals surface area contributed by atoms with Crippen LogP contribution in [-0.2, 0) is 0 Å². The van der Waals surface area contributed by atoms with Gasteiger partial charge < -0.3 is 5.11 Å². The molecule has 0 saturated carbocycles. The van der Waals surface area contributed by atoms with Crippen molar-refractivity contribution in [3.63, 3.8) is 0 Å². The van der Waals surface area contributed by atoms with Crippen LogP contribution < -0.4 is 0 Å². The van der Waals surface area contributed by atoms with E-state index in [9.17, 15) is 5.11 Å². The summed E-state index contributed by atoms with van der Waals surface area (Å²) >= 11 is 15.5. The first kappa shape index (κ1) is 27.5. The fraction of sp³-hybridized carbons (Fsp3) is 0.467. The van der Waals surface area contributed by atoms with Crippen molar-refractivity contribution in [3.8, 4) is 0 Å². The lowest BCUT2D eigenvalue weighted by atomic mass is 9.73. The molecule has 0 saturated heterocycles. The molecule has 0 atom stereocenters. The number of allylic oxidation sites excluding steroid dienone is 3. The predicted octanol–water partition coefficient (Wildman–Crippen LogP) is 9.99. The van der Waals surface area contributed by atoms with E-state index in [2.05, 4.69) is 67.9 Å². The average molecular weight is 564 g/mol. The first-order valence-electron chi connectivity index (χ1n) is 12.1. The van der Waals surface area contributed by atoms with Crippen molar-refractivity contribution in [2.24, 2.45) is 10.8 Å².